The Morgan fingerprint density at radius 1 is 1.10 bits per heavy atom. The van der Waals surface area contributed by atoms with Crippen molar-refractivity contribution in [1.82, 2.24) is 0 Å². The molecule has 3 fully saturated rings. The van der Waals surface area contributed by atoms with Crippen molar-refractivity contribution in [2.75, 3.05) is 0 Å². The van der Waals surface area contributed by atoms with Gasteiger partial charge in [0.1, 0.15) is 6.10 Å². The second-order valence-corrected chi connectivity index (χ2v) is 11.8. The first-order chi connectivity index (χ1) is 13.7. The Balaban J connectivity index is 1.53. The minimum Gasteiger partial charge on any atom is -0.390 e. The molecule has 0 radical (unpaired) electrons. The van der Waals surface area contributed by atoms with Gasteiger partial charge in [-0.2, -0.15) is 0 Å². The van der Waals surface area contributed by atoms with Gasteiger partial charge >= 0.3 is 0 Å². The lowest BCUT2D eigenvalue weighted by Gasteiger charge is -2.59. The lowest BCUT2D eigenvalue weighted by atomic mass is 9.46. The van der Waals surface area contributed by atoms with Gasteiger partial charge in [0.15, 0.2) is 0 Å². The van der Waals surface area contributed by atoms with Crippen LogP contribution in [-0.2, 0) is 0 Å². The molecule has 0 unspecified atom stereocenters. The van der Waals surface area contributed by atoms with Crippen LogP contribution < -0.4 is 0 Å². The SMILES string of the molecule is CC(C)=CCC[C@@H](C)[C@H]1CC[C@H]2[C@@H]3CC=C4[C@H](O)[C@H](O)CC[C@]4(C)[C@H]3CC[C@]12C. The molecule has 4 aliphatic rings. The van der Waals surface area contributed by atoms with Crippen LogP contribution in [0.2, 0.25) is 0 Å². The maximum absolute atomic E-state index is 10.7. The van der Waals surface area contributed by atoms with Crippen molar-refractivity contribution in [3.05, 3.63) is 23.3 Å². The van der Waals surface area contributed by atoms with Gasteiger partial charge in [-0.25, -0.2) is 0 Å². The molecule has 3 saturated carbocycles. The molecule has 2 nitrogen and oxygen atoms in total. The van der Waals surface area contributed by atoms with E-state index >= 15 is 0 Å². The molecule has 29 heavy (non-hydrogen) atoms. The van der Waals surface area contributed by atoms with Gasteiger partial charge in [-0.05, 0) is 118 Å². The van der Waals surface area contributed by atoms with Crippen molar-refractivity contribution in [3.8, 4) is 0 Å². The van der Waals surface area contributed by atoms with Crippen molar-refractivity contribution in [1.29, 1.82) is 0 Å². The summed E-state index contributed by atoms with van der Waals surface area (Å²) in [6.45, 7) is 12.0. The maximum Gasteiger partial charge on any atom is 0.101 e. The molecule has 9 atom stereocenters. The fourth-order valence-electron chi connectivity index (χ4n) is 8.53. The highest BCUT2D eigenvalue weighted by molar-refractivity contribution is 5.29. The smallest absolute Gasteiger partial charge is 0.101 e. The highest BCUT2D eigenvalue weighted by Gasteiger charge is 2.60. The van der Waals surface area contributed by atoms with Crippen LogP contribution in [0.3, 0.4) is 0 Å². The average Bonchev–Trinajstić information content (AvgIpc) is 3.02. The molecule has 0 heterocycles. The Morgan fingerprint density at radius 3 is 2.59 bits per heavy atom. The predicted octanol–water partition coefficient (Wildman–Crippen LogP) is 6.28. The van der Waals surface area contributed by atoms with Crippen LogP contribution in [0.5, 0.6) is 0 Å². The van der Waals surface area contributed by atoms with E-state index in [9.17, 15) is 10.2 Å². The second kappa shape index (κ2) is 7.83. The van der Waals surface area contributed by atoms with Crippen LogP contribution in [-0.4, -0.2) is 22.4 Å². The Kier molecular flexibility index (Phi) is 5.84. The molecule has 0 aromatic heterocycles. The van der Waals surface area contributed by atoms with Crippen molar-refractivity contribution >= 4 is 0 Å². The van der Waals surface area contributed by atoms with Crippen LogP contribution in [0.15, 0.2) is 23.3 Å². The van der Waals surface area contributed by atoms with E-state index in [2.05, 4.69) is 46.8 Å². The summed E-state index contributed by atoms with van der Waals surface area (Å²) >= 11 is 0. The monoisotopic (exact) mass is 400 g/mol. The standard InChI is InChI=1S/C27H44O2/c1-17(2)7-6-8-18(3)20-11-12-21-19-9-10-23-25(29)24(28)14-16-27(23,5)22(19)13-15-26(20,21)4/h7,10,18-22,24-25,28-29H,6,8-9,11-16H2,1-5H3/t18-,19+,20-,21+,22+,24-,25+,26-,27-/m1/s1. The van der Waals surface area contributed by atoms with E-state index in [1.54, 1.807) is 0 Å². The summed E-state index contributed by atoms with van der Waals surface area (Å²) < 4.78 is 0. The zero-order valence-electron chi connectivity index (χ0n) is 19.5. The molecular weight excluding hydrogens is 356 g/mol. The first-order valence-corrected chi connectivity index (χ1v) is 12.4. The molecular formula is C27H44O2. The fraction of sp³-hybridized carbons (Fsp3) is 0.852. The molecule has 0 aromatic rings. The van der Waals surface area contributed by atoms with Gasteiger partial charge in [-0.1, -0.05) is 38.5 Å². The van der Waals surface area contributed by atoms with Crippen molar-refractivity contribution in [3.63, 3.8) is 0 Å². The van der Waals surface area contributed by atoms with Crippen LogP contribution in [0.4, 0.5) is 0 Å². The molecule has 0 amide bonds. The first-order valence-electron chi connectivity index (χ1n) is 12.4. The Labute approximate surface area is 178 Å². The Hall–Kier alpha value is -0.600. The quantitative estimate of drug-likeness (QED) is 0.545. The van der Waals surface area contributed by atoms with Gasteiger partial charge in [0, 0.05) is 0 Å². The molecule has 0 bridgehead atoms. The largest absolute Gasteiger partial charge is 0.390 e. The number of fused-ring (bicyclic) bond motifs is 5. The zero-order chi connectivity index (χ0) is 21.0. The topological polar surface area (TPSA) is 40.5 Å². The molecule has 164 valence electrons. The van der Waals surface area contributed by atoms with Gasteiger partial charge < -0.3 is 10.2 Å². The summed E-state index contributed by atoms with van der Waals surface area (Å²) in [6, 6.07) is 0. The Bertz CT molecular complexity index is 674. The van der Waals surface area contributed by atoms with E-state index in [1.165, 1.54) is 49.7 Å². The fourth-order valence-corrected chi connectivity index (χ4v) is 8.53. The highest BCUT2D eigenvalue weighted by atomic mass is 16.3. The highest BCUT2D eigenvalue weighted by Crippen LogP contribution is 2.67. The molecule has 4 aliphatic carbocycles. The number of hydrogen-bond acceptors (Lipinski definition) is 2. The third-order valence-corrected chi connectivity index (χ3v) is 10.1. The molecule has 0 saturated heterocycles. The third kappa shape index (κ3) is 3.47. The minimum atomic E-state index is -0.630. The summed E-state index contributed by atoms with van der Waals surface area (Å²) in [7, 11) is 0. The number of allylic oxidation sites excluding steroid dienone is 3. The third-order valence-electron chi connectivity index (χ3n) is 10.1. The van der Waals surface area contributed by atoms with Gasteiger partial charge in [-0.3, -0.25) is 0 Å². The van der Waals surface area contributed by atoms with E-state index in [0.717, 1.165) is 42.9 Å². The van der Waals surface area contributed by atoms with Crippen LogP contribution in [0, 0.1) is 40.4 Å². The van der Waals surface area contributed by atoms with Crippen molar-refractivity contribution < 1.29 is 10.2 Å². The predicted molar refractivity (Wildman–Crippen MR) is 120 cm³/mol. The van der Waals surface area contributed by atoms with Crippen LogP contribution in [0.25, 0.3) is 0 Å². The normalized spacial score (nSPS) is 47.5. The summed E-state index contributed by atoms with van der Waals surface area (Å²) in [5.41, 5.74) is 3.23. The molecule has 2 heteroatoms. The molecule has 2 N–H and O–H groups in total. The lowest BCUT2D eigenvalue weighted by molar-refractivity contribution is -0.0800. The summed E-state index contributed by atoms with van der Waals surface area (Å²) in [5.74, 6) is 4.00. The van der Waals surface area contributed by atoms with Crippen molar-refractivity contribution in [2.45, 2.75) is 105 Å². The van der Waals surface area contributed by atoms with E-state index < -0.39 is 12.2 Å². The van der Waals surface area contributed by atoms with Crippen molar-refractivity contribution in [2.24, 2.45) is 40.4 Å². The van der Waals surface area contributed by atoms with E-state index in [-0.39, 0.29) is 5.41 Å². The average molecular weight is 401 g/mol. The van der Waals surface area contributed by atoms with E-state index in [4.69, 9.17) is 0 Å². The van der Waals surface area contributed by atoms with Gasteiger partial charge in [0.25, 0.3) is 0 Å². The maximum atomic E-state index is 10.7. The minimum absolute atomic E-state index is 0.107. The Morgan fingerprint density at radius 2 is 1.86 bits per heavy atom. The number of aliphatic hydroxyl groups is 2. The van der Waals surface area contributed by atoms with Gasteiger partial charge in [0.2, 0.25) is 0 Å². The summed E-state index contributed by atoms with van der Waals surface area (Å²) in [4.78, 5) is 0. The van der Waals surface area contributed by atoms with E-state index in [1.807, 2.05) is 0 Å². The number of hydrogen-bond donors (Lipinski definition) is 2. The molecule has 4 rings (SSSR count). The molecule has 0 spiro atoms. The van der Waals surface area contributed by atoms with Gasteiger partial charge in [0.05, 0.1) is 6.10 Å². The number of rotatable bonds is 4. The zero-order valence-corrected chi connectivity index (χ0v) is 19.5. The molecule has 0 aliphatic heterocycles. The van der Waals surface area contributed by atoms with Crippen LogP contribution in [0.1, 0.15) is 92.4 Å². The first kappa shape index (κ1) is 21.6. The van der Waals surface area contributed by atoms with E-state index in [0.29, 0.717) is 11.3 Å². The lowest BCUT2D eigenvalue weighted by Crippen LogP contribution is -2.53. The summed E-state index contributed by atoms with van der Waals surface area (Å²) in [5, 5.41) is 20.9. The van der Waals surface area contributed by atoms with Crippen LogP contribution >= 0.6 is 0 Å². The van der Waals surface area contributed by atoms with Gasteiger partial charge in [-0.15, -0.1) is 0 Å². The second-order valence-electron chi connectivity index (χ2n) is 11.8. The summed E-state index contributed by atoms with van der Waals surface area (Å²) in [6.07, 6.45) is 14.6. The molecule has 0 aromatic carbocycles. The number of aliphatic hydroxyl groups excluding tert-OH is 2.